The molecule has 3 N–H and O–H groups in total. The highest BCUT2D eigenvalue weighted by Gasteiger charge is 2.24. The van der Waals surface area contributed by atoms with Crippen LogP contribution in [0.15, 0.2) is 18.2 Å². The van der Waals surface area contributed by atoms with E-state index in [9.17, 15) is 4.79 Å². The molecule has 0 heterocycles. The molecule has 1 aliphatic carbocycles. The third kappa shape index (κ3) is 4.90. The van der Waals surface area contributed by atoms with Crippen LogP contribution in [0.5, 0.6) is 5.75 Å². The Morgan fingerprint density at radius 2 is 2.10 bits per heavy atom. The molecule has 0 saturated heterocycles. The number of methoxy groups -OCH3 is 1. The Morgan fingerprint density at radius 3 is 2.76 bits per heavy atom. The van der Waals surface area contributed by atoms with E-state index in [0.29, 0.717) is 18.1 Å². The molecule has 5 heteroatoms. The summed E-state index contributed by atoms with van der Waals surface area (Å²) in [5.41, 5.74) is 7.93. The van der Waals surface area contributed by atoms with Crippen LogP contribution in [0.25, 0.3) is 0 Å². The van der Waals surface area contributed by atoms with Crippen molar-refractivity contribution in [2.75, 3.05) is 12.4 Å². The summed E-state index contributed by atoms with van der Waals surface area (Å²) in [5, 5.41) is 2.94. The fraction of sp³-hybridized carbons (Fsp3) is 0.562. The third-order valence-corrected chi connectivity index (χ3v) is 4.05. The van der Waals surface area contributed by atoms with Crippen LogP contribution in [0.4, 0.5) is 5.69 Å². The number of halogens is 1. The minimum Gasteiger partial charge on any atom is -0.495 e. The number of nitrogens with one attached hydrogen (secondary N) is 1. The molecule has 118 valence electrons. The van der Waals surface area contributed by atoms with Gasteiger partial charge in [0.15, 0.2) is 0 Å². The highest BCUT2D eigenvalue weighted by Crippen LogP contribution is 2.28. The number of carbonyl (C=O) groups is 1. The first kappa shape index (κ1) is 17.8. The summed E-state index contributed by atoms with van der Waals surface area (Å²) >= 11 is 0. The molecule has 0 bridgehead atoms. The lowest BCUT2D eigenvalue weighted by Gasteiger charge is -2.28. The number of amides is 1. The van der Waals surface area contributed by atoms with E-state index in [0.717, 1.165) is 24.1 Å². The SMILES string of the molecule is COc1cc(C)ccc1NC(=O)CC1CCCCC1N.Cl. The van der Waals surface area contributed by atoms with Crippen LogP contribution in [0.2, 0.25) is 0 Å². The molecule has 2 rings (SSSR count). The lowest BCUT2D eigenvalue weighted by atomic mass is 9.83. The number of rotatable bonds is 4. The maximum atomic E-state index is 12.2. The van der Waals surface area contributed by atoms with Gasteiger partial charge < -0.3 is 15.8 Å². The summed E-state index contributed by atoms with van der Waals surface area (Å²) in [4.78, 5) is 12.2. The van der Waals surface area contributed by atoms with Crippen LogP contribution in [0.3, 0.4) is 0 Å². The van der Waals surface area contributed by atoms with E-state index in [2.05, 4.69) is 5.32 Å². The van der Waals surface area contributed by atoms with E-state index in [-0.39, 0.29) is 24.4 Å². The Labute approximate surface area is 132 Å². The van der Waals surface area contributed by atoms with Crippen LogP contribution in [0, 0.1) is 12.8 Å². The maximum Gasteiger partial charge on any atom is 0.224 e. The lowest BCUT2D eigenvalue weighted by Crippen LogP contribution is -2.35. The highest BCUT2D eigenvalue weighted by molar-refractivity contribution is 5.92. The van der Waals surface area contributed by atoms with Crippen molar-refractivity contribution in [2.24, 2.45) is 11.7 Å². The number of benzene rings is 1. The van der Waals surface area contributed by atoms with Gasteiger partial charge in [0.2, 0.25) is 5.91 Å². The Balaban J connectivity index is 0.00000220. The van der Waals surface area contributed by atoms with Gasteiger partial charge in [-0.25, -0.2) is 0 Å². The quantitative estimate of drug-likeness (QED) is 0.896. The minimum absolute atomic E-state index is 0. The zero-order valence-corrected chi connectivity index (χ0v) is 13.5. The number of carbonyl (C=O) groups excluding carboxylic acids is 1. The molecule has 0 aliphatic heterocycles. The molecule has 0 radical (unpaired) electrons. The van der Waals surface area contributed by atoms with Crippen molar-refractivity contribution in [3.63, 3.8) is 0 Å². The van der Waals surface area contributed by atoms with Crippen molar-refractivity contribution in [2.45, 2.75) is 45.1 Å². The predicted octanol–water partition coefficient (Wildman–Crippen LogP) is 3.27. The van der Waals surface area contributed by atoms with Crippen LogP contribution in [0.1, 0.15) is 37.7 Å². The average Bonchev–Trinajstić information content (AvgIpc) is 2.43. The molecular weight excluding hydrogens is 288 g/mol. The summed E-state index contributed by atoms with van der Waals surface area (Å²) in [6.45, 7) is 2.00. The van der Waals surface area contributed by atoms with E-state index in [1.807, 2.05) is 25.1 Å². The number of hydrogen-bond donors (Lipinski definition) is 2. The molecule has 1 fully saturated rings. The average molecular weight is 313 g/mol. The van der Waals surface area contributed by atoms with E-state index < -0.39 is 0 Å². The van der Waals surface area contributed by atoms with Gasteiger partial charge in [-0.2, -0.15) is 0 Å². The van der Waals surface area contributed by atoms with Crippen molar-refractivity contribution in [3.05, 3.63) is 23.8 Å². The van der Waals surface area contributed by atoms with Crippen molar-refractivity contribution in [3.8, 4) is 5.75 Å². The fourth-order valence-corrected chi connectivity index (χ4v) is 2.83. The van der Waals surface area contributed by atoms with Crippen molar-refractivity contribution >= 4 is 24.0 Å². The summed E-state index contributed by atoms with van der Waals surface area (Å²) in [5.74, 6) is 1.03. The van der Waals surface area contributed by atoms with E-state index >= 15 is 0 Å². The predicted molar refractivity (Wildman–Crippen MR) is 88.2 cm³/mol. The van der Waals surface area contributed by atoms with Crippen LogP contribution >= 0.6 is 12.4 Å². The molecule has 1 saturated carbocycles. The number of hydrogen-bond acceptors (Lipinski definition) is 3. The smallest absolute Gasteiger partial charge is 0.224 e. The monoisotopic (exact) mass is 312 g/mol. The fourth-order valence-electron chi connectivity index (χ4n) is 2.83. The van der Waals surface area contributed by atoms with Crippen molar-refractivity contribution < 1.29 is 9.53 Å². The molecule has 4 nitrogen and oxygen atoms in total. The molecule has 1 aromatic rings. The third-order valence-electron chi connectivity index (χ3n) is 4.05. The second-order valence-corrected chi connectivity index (χ2v) is 5.66. The summed E-state index contributed by atoms with van der Waals surface area (Å²) < 4.78 is 5.30. The largest absolute Gasteiger partial charge is 0.495 e. The Kier molecular flexibility index (Phi) is 6.99. The Morgan fingerprint density at radius 1 is 1.38 bits per heavy atom. The first-order valence-corrected chi connectivity index (χ1v) is 7.30. The molecule has 2 unspecified atom stereocenters. The second-order valence-electron chi connectivity index (χ2n) is 5.66. The first-order valence-electron chi connectivity index (χ1n) is 7.30. The van der Waals surface area contributed by atoms with Gasteiger partial charge in [0.1, 0.15) is 5.75 Å². The normalized spacial score (nSPS) is 21.3. The van der Waals surface area contributed by atoms with E-state index in [1.165, 1.54) is 12.8 Å². The van der Waals surface area contributed by atoms with Crippen LogP contribution < -0.4 is 15.8 Å². The van der Waals surface area contributed by atoms with Gasteiger partial charge in [0.05, 0.1) is 12.8 Å². The second kappa shape index (κ2) is 8.25. The first-order chi connectivity index (χ1) is 9.60. The molecule has 2 atom stereocenters. The Hall–Kier alpha value is -1.26. The van der Waals surface area contributed by atoms with Gasteiger partial charge in [-0.15, -0.1) is 12.4 Å². The molecule has 1 amide bonds. The van der Waals surface area contributed by atoms with Gasteiger partial charge in [-0.1, -0.05) is 18.9 Å². The zero-order chi connectivity index (χ0) is 14.5. The summed E-state index contributed by atoms with van der Waals surface area (Å²) in [7, 11) is 1.61. The standard InChI is InChI=1S/C16H24N2O2.ClH/c1-11-7-8-14(15(9-11)20-2)18-16(19)10-12-5-3-4-6-13(12)17;/h7-9,12-13H,3-6,10,17H2,1-2H3,(H,18,19);1H. The molecular formula is C16H25ClN2O2. The highest BCUT2D eigenvalue weighted by atomic mass is 35.5. The number of anilines is 1. The lowest BCUT2D eigenvalue weighted by molar-refractivity contribution is -0.117. The number of aryl methyl sites for hydroxylation is 1. The van der Waals surface area contributed by atoms with Gasteiger partial charge in [0.25, 0.3) is 0 Å². The Bertz CT molecular complexity index is 479. The van der Waals surface area contributed by atoms with Crippen molar-refractivity contribution in [1.29, 1.82) is 0 Å². The van der Waals surface area contributed by atoms with Gasteiger partial charge >= 0.3 is 0 Å². The molecule has 1 aliphatic rings. The molecule has 21 heavy (non-hydrogen) atoms. The van der Waals surface area contributed by atoms with Crippen molar-refractivity contribution in [1.82, 2.24) is 0 Å². The van der Waals surface area contributed by atoms with Gasteiger partial charge in [0, 0.05) is 12.5 Å². The zero-order valence-electron chi connectivity index (χ0n) is 12.7. The molecule has 0 aromatic heterocycles. The van der Waals surface area contributed by atoms with Crippen LogP contribution in [-0.2, 0) is 4.79 Å². The molecule has 1 aromatic carbocycles. The summed E-state index contributed by atoms with van der Waals surface area (Å²) in [6.07, 6.45) is 4.95. The van der Waals surface area contributed by atoms with E-state index in [4.69, 9.17) is 10.5 Å². The minimum atomic E-state index is 0. The van der Waals surface area contributed by atoms with E-state index in [1.54, 1.807) is 7.11 Å². The number of nitrogens with two attached hydrogens (primary N) is 1. The number of ether oxygens (including phenoxy) is 1. The topological polar surface area (TPSA) is 64.3 Å². The van der Waals surface area contributed by atoms with Gasteiger partial charge in [-0.3, -0.25) is 4.79 Å². The van der Waals surface area contributed by atoms with Crippen LogP contribution in [-0.4, -0.2) is 19.1 Å². The molecule has 0 spiro atoms. The summed E-state index contributed by atoms with van der Waals surface area (Å²) in [6, 6.07) is 5.92. The van der Waals surface area contributed by atoms with Gasteiger partial charge in [-0.05, 0) is 43.4 Å². The maximum absolute atomic E-state index is 12.2.